The Morgan fingerprint density at radius 3 is 2.23 bits per heavy atom. The molecule has 1 atom stereocenters. The Hall–Kier alpha value is -4.36. The van der Waals surface area contributed by atoms with Gasteiger partial charge in [0.25, 0.3) is 0 Å². The van der Waals surface area contributed by atoms with E-state index in [-0.39, 0.29) is 57.4 Å². The Kier molecular flexibility index (Phi) is 12.6. The minimum atomic E-state index is -4.95. The minimum Gasteiger partial charge on any atom is -0.492 e. The van der Waals surface area contributed by atoms with Gasteiger partial charge in [-0.2, -0.15) is 0 Å². The average Bonchev–Trinajstić information content (AvgIpc) is 2.96. The molecule has 2 amide bonds. The monoisotopic (exact) mass is 608 g/mol. The van der Waals surface area contributed by atoms with Crippen LogP contribution in [0.1, 0.15) is 18.1 Å². The van der Waals surface area contributed by atoms with Crippen LogP contribution in [0.4, 0.5) is 28.0 Å². The van der Waals surface area contributed by atoms with Gasteiger partial charge in [-0.1, -0.05) is 36.4 Å². The molecular weight excluding hydrogens is 576 g/mol. The second-order valence-electron chi connectivity index (χ2n) is 9.12. The number of benzene rings is 3. The van der Waals surface area contributed by atoms with Crippen LogP contribution in [-0.4, -0.2) is 67.4 Å². The van der Waals surface area contributed by atoms with E-state index in [9.17, 15) is 32.3 Å². The third kappa shape index (κ3) is 11.8. The Morgan fingerprint density at radius 1 is 0.930 bits per heavy atom. The summed E-state index contributed by atoms with van der Waals surface area (Å²) in [6.07, 6.45) is -5.74. The molecule has 0 saturated carbocycles. The maximum atomic E-state index is 13.1. The molecule has 2 N–H and O–H groups in total. The van der Waals surface area contributed by atoms with Gasteiger partial charge >= 0.3 is 18.4 Å². The van der Waals surface area contributed by atoms with Crippen LogP contribution in [0, 0.1) is 5.82 Å². The van der Waals surface area contributed by atoms with Gasteiger partial charge in [0, 0.05) is 19.6 Å². The number of ether oxygens (including phenoxy) is 4. The molecule has 3 rings (SSSR count). The molecule has 9 nitrogen and oxygen atoms in total. The third-order valence-electron chi connectivity index (χ3n) is 5.95. The van der Waals surface area contributed by atoms with Crippen molar-refractivity contribution in [3.05, 3.63) is 89.7 Å². The van der Waals surface area contributed by atoms with E-state index in [1.807, 2.05) is 0 Å². The highest BCUT2D eigenvalue weighted by Crippen LogP contribution is 2.30. The van der Waals surface area contributed by atoms with Crippen LogP contribution in [0.25, 0.3) is 0 Å². The van der Waals surface area contributed by atoms with E-state index in [1.54, 1.807) is 43.3 Å². The summed E-state index contributed by atoms with van der Waals surface area (Å²) in [5.41, 5.74) is 1.27. The van der Waals surface area contributed by atoms with Crippen molar-refractivity contribution < 1.29 is 51.2 Å². The number of nitrogens with zero attached hydrogens (tertiary/aromatic N) is 1. The second kappa shape index (κ2) is 16.3. The summed E-state index contributed by atoms with van der Waals surface area (Å²) in [5, 5.41) is 11.7. The van der Waals surface area contributed by atoms with Gasteiger partial charge in [-0.3, -0.25) is 0 Å². The van der Waals surface area contributed by atoms with Crippen molar-refractivity contribution in [1.82, 2.24) is 4.90 Å². The zero-order valence-electron chi connectivity index (χ0n) is 23.3. The molecule has 0 aliphatic carbocycles. The fourth-order valence-electron chi connectivity index (χ4n) is 3.87. The van der Waals surface area contributed by atoms with E-state index in [0.29, 0.717) is 5.75 Å². The smallest absolute Gasteiger partial charge is 0.492 e. The topological polar surface area (TPSA) is 107 Å². The van der Waals surface area contributed by atoms with Gasteiger partial charge in [0.2, 0.25) is 0 Å². The molecule has 0 bridgehead atoms. The standard InChI is InChI=1S/C30H32F4N2O7/c1-2-41-27(28(37)38)19-21-9-13-24(14-10-21)42-18-16-36(15-17-40-20-22-7-11-23(31)12-8-22)29(39)35-25-5-3-4-6-26(25)43-30(32,33)34/h3-14,27H,2,15-20H2,1H3,(H,35,39)(H,37,38). The Morgan fingerprint density at radius 2 is 1.58 bits per heavy atom. The van der Waals surface area contributed by atoms with E-state index >= 15 is 0 Å². The van der Waals surface area contributed by atoms with E-state index in [2.05, 4.69) is 10.1 Å². The summed E-state index contributed by atoms with van der Waals surface area (Å²) in [6.45, 7) is 2.34. The summed E-state index contributed by atoms with van der Waals surface area (Å²) in [4.78, 5) is 25.7. The van der Waals surface area contributed by atoms with Gasteiger partial charge in [0.05, 0.1) is 25.4 Å². The van der Waals surface area contributed by atoms with Crippen LogP contribution in [0.15, 0.2) is 72.8 Å². The molecule has 0 aliphatic heterocycles. The molecule has 0 saturated heterocycles. The first-order valence-electron chi connectivity index (χ1n) is 13.3. The molecule has 3 aromatic rings. The minimum absolute atomic E-state index is 0.0299. The van der Waals surface area contributed by atoms with Gasteiger partial charge in [-0.15, -0.1) is 13.2 Å². The summed E-state index contributed by atoms with van der Waals surface area (Å²) in [6, 6.07) is 16.9. The van der Waals surface area contributed by atoms with Gasteiger partial charge in [-0.05, 0) is 54.4 Å². The van der Waals surface area contributed by atoms with Crippen LogP contribution in [0.5, 0.6) is 11.5 Å². The average molecular weight is 609 g/mol. The largest absolute Gasteiger partial charge is 0.573 e. The molecular formula is C30H32F4N2O7. The maximum absolute atomic E-state index is 13.1. The number of carbonyl (C=O) groups is 2. The lowest BCUT2D eigenvalue weighted by atomic mass is 10.1. The number of halogens is 4. The Balaban J connectivity index is 1.61. The van der Waals surface area contributed by atoms with Gasteiger partial charge in [0.15, 0.2) is 11.9 Å². The molecule has 0 spiro atoms. The summed E-state index contributed by atoms with van der Waals surface area (Å²) in [7, 11) is 0. The highest BCUT2D eigenvalue weighted by molar-refractivity contribution is 5.91. The first-order chi connectivity index (χ1) is 20.5. The molecule has 1 unspecified atom stereocenters. The molecule has 0 fully saturated rings. The fourth-order valence-corrected chi connectivity index (χ4v) is 3.87. The number of carboxylic acid groups (broad SMARTS) is 1. The number of carbonyl (C=O) groups excluding carboxylic acids is 1. The van der Waals surface area contributed by atoms with Crippen molar-refractivity contribution in [2.75, 3.05) is 38.2 Å². The van der Waals surface area contributed by atoms with Crippen molar-refractivity contribution in [1.29, 1.82) is 0 Å². The Labute approximate surface area is 245 Å². The number of nitrogens with one attached hydrogen (secondary N) is 1. The van der Waals surface area contributed by atoms with E-state index < -0.39 is 30.2 Å². The number of anilines is 1. The van der Waals surface area contributed by atoms with Crippen molar-refractivity contribution in [3.63, 3.8) is 0 Å². The first kappa shape index (κ1) is 33.1. The maximum Gasteiger partial charge on any atom is 0.573 e. The number of hydrogen-bond donors (Lipinski definition) is 2. The fraction of sp³-hybridized carbons (Fsp3) is 0.333. The van der Waals surface area contributed by atoms with E-state index in [0.717, 1.165) is 17.2 Å². The lowest BCUT2D eigenvalue weighted by molar-refractivity contribution is -0.274. The number of alkyl halides is 3. The number of carboxylic acids is 1. The number of rotatable bonds is 16. The number of amides is 2. The summed E-state index contributed by atoms with van der Waals surface area (Å²) >= 11 is 0. The molecule has 43 heavy (non-hydrogen) atoms. The third-order valence-corrected chi connectivity index (χ3v) is 5.95. The highest BCUT2D eigenvalue weighted by atomic mass is 19.4. The quantitative estimate of drug-likeness (QED) is 0.154. The molecule has 13 heteroatoms. The molecule has 0 aromatic heterocycles. The molecule has 232 valence electrons. The number of aliphatic carboxylic acids is 1. The van der Waals surface area contributed by atoms with Gasteiger partial charge in [0.1, 0.15) is 18.2 Å². The predicted octanol–water partition coefficient (Wildman–Crippen LogP) is 5.89. The molecule has 0 radical (unpaired) electrons. The zero-order chi connectivity index (χ0) is 31.2. The Bertz CT molecular complexity index is 1310. The van der Waals surface area contributed by atoms with Crippen molar-refractivity contribution in [3.8, 4) is 11.5 Å². The first-order valence-corrected chi connectivity index (χ1v) is 13.3. The van der Waals surface area contributed by atoms with Crippen LogP contribution in [0.2, 0.25) is 0 Å². The predicted molar refractivity (Wildman–Crippen MR) is 148 cm³/mol. The van der Waals surface area contributed by atoms with Crippen LogP contribution >= 0.6 is 0 Å². The normalized spacial score (nSPS) is 11.9. The molecule has 0 aliphatic rings. The van der Waals surface area contributed by atoms with Gasteiger partial charge < -0.3 is 34.3 Å². The van der Waals surface area contributed by atoms with Crippen molar-refractivity contribution in [2.45, 2.75) is 32.4 Å². The molecule has 3 aromatic carbocycles. The zero-order valence-corrected chi connectivity index (χ0v) is 23.3. The summed E-state index contributed by atoms with van der Waals surface area (Å²) in [5.74, 6) is -1.55. The summed E-state index contributed by atoms with van der Waals surface area (Å²) < 4.78 is 72.3. The van der Waals surface area contributed by atoms with Crippen molar-refractivity contribution >= 4 is 17.7 Å². The van der Waals surface area contributed by atoms with Crippen LogP contribution < -0.4 is 14.8 Å². The van der Waals surface area contributed by atoms with Gasteiger partial charge in [-0.25, -0.2) is 14.0 Å². The lowest BCUT2D eigenvalue weighted by Gasteiger charge is -2.24. The number of urea groups is 1. The van der Waals surface area contributed by atoms with Crippen molar-refractivity contribution in [2.24, 2.45) is 0 Å². The second-order valence-corrected chi connectivity index (χ2v) is 9.12. The van der Waals surface area contributed by atoms with Crippen LogP contribution in [-0.2, 0) is 27.3 Å². The highest BCUT2D eigenvalue weighted by Gasteiger charge is 2.32. The number of para-hydroxylation sites is 2. The van der Waals surface area contributed by atoms with Crippen LogP contribution in [0.3, 0.4) is 0 Å². The lowest BCUT2D eigenvalue weighted by Crippen LogP contribution is -2.40. The number of hydrogen-bond acceptors (Lipinski definition) is 6. The van der Waals surface area contributed by atoms with E-state index in [1.165, 1.54) is 35.2 Å². The molecule has 0 heterocycles. The SMILES string of the molecule is CCOC(Cc1ccc(OCCN(CCOCc2ccc(F)cc2)C(=O)Nc2ccccc2OC(F)(F)F)cc1)C(=O)O. The van der Waals surface area contributed by atoms with E-state index in [4.69, 9.17) is 14.2 Å².